The molecule has 5 heteroatoms. The molecule has 4 nitrogen and oxygen atoms in total. The Hall–Kier alpha value is -2.07. The topological polar surface area (TPSA) is 39.8 Å². The predicted octanol–water partition coefficient (Wildman–Crippen LogP) is 2.89. The molecule has 0 aliphatic heterocycles. The van der Waals surface area contributed by atoms with Gasteiger partial charge >= 0.3 is 0 Å². The maximum Gasteiger partial charge on any atom is 0.152 e. The molecule has 0 atom stereocenters. The second-order valence-corrected chi connectivity index (χ2v) is 4.92. The van der Waals surface area contributed by atoms with Gasteiger partial charge in [0.1, 0.15) is 0 Å². The molecular formula is C14H12ClN3O. The van der Waals surface area contributed by atoms with E-state index in [1.165, 1.54) is 0 Å². The van der Waals surface area contributed by atoms with Gasteiger partial charge in [-0.05, 0) is 12.1 Å². The van der Waals surface area contributed by atoms with Crippen molar-refractivity contribution in [3.8, 4) is 0 Å². The summed E-state index contributed by atoms with van der Waals surface area (Å²) in [6.07, 6.45) is 6.29. The van der Waals surface area contributed by atoms with Crippen molar-refractivity contribution >= 4 is 28.8 Å². The van der Waals surface area contributed by atoms with Crippen LogP contribution in [0, 0.1) is 0 Å². The minimum absolute atomic E-state index is 0.654. The molecule has 0 aliphatic carbocycles. The summed E-state index contributed by atoms with van der Waals surface area (Å²) < 4.78 is 3.97. The zero-order valence-electron chi connectivity index (χ0n) is 10.4. The number of fused-ring (bicyclic) bond motifs is 1. The Balaban J connectivity index is 2.15. The van der Waals surface area contributed by atoms with E-state index in [0.29, 0.717) is 17.1 Å². The molecule has 96 valence electrons. The molecule has 0 bridgehead atoms. The smallest absolute Gasteiger partial charge is 0.152 e. The zero-order chi connectivity index (χ0) is 13.4. The molecule has 0 radical (unpaired) electrons. The number of aldehydes is 1. The molecular weight excluding hydrogens is 262 g/mol. The number of aryl methyl sites for hydroxylation is 1. The van der Waals surface area contributed by atoms with E-state index in [4.69, 9.17) is 11.6 Å². The first-order valence-corrected chi connectivity index (χ1v) is 6.25. The average molecular weight is 274 g/mol. The first kappa shape index (κ1) is 12.0. The van der Waals surface area contributed by atoms with Crippen LogP contribution in [-0.2, 0) is 13.6 Å². The lowest BCUT2D eigenvalue weighted by Gasteiger charge is -2.06. The maximum atomic E-state index is 11.1. The van der Waals surface area contributed by atoms with Crippen LogP contribution in [0.25, 0.3) is 10.9 Å². The van der Waals surface area contributed by atoms with Gasteiger partial charge in [0.25, 0.3) is 0 Å². The molecule has 0 saturated heterocycles. The van der Waals surface area contributed by atoms with Crippen LogP contribution in [0.1, 0.15) is 16.1 Å². The largest absolute Gasteiger partial charge is 0.341 e. The van der Waals surface area contributed by atoms with Gasteiger partial charge in [-0.2, -0.15) is 0 Å². The summed E-state index contributed by atoms with van der Waals surface area (Å²) in [5.41, 5.74) is 2.69. The van der Waals surface area contributed by atoms with E-state index in [2.05, 4.69) is 4.98 Å². The summed E-state index contributed by atoms with van der Waals surface area (Å²) in [7, 11) is 1.95. The molecule has 2 aromatic heterocycles. The molecule has 0 N–H and O–H groups in total. The molecule has 0 unspecified atom stereocenters. The summed E-state index contributed by atoms with van der Waals surface area (Å²) in [6, 6.07) is 5.55. The third kappa shape index (κ3) is 2.04. The summed E-state index contributed by atoms with van der Waals surface area (Å²) in [5.74, 6) is 0. The molecule has 1 aromatic carbocycles. The van der Waals surface area contributed by atoms with Crippen LogP contribution >= 0.6 is 11.6 Å². The molecule has 3 rings (SSSR count). The van der Waals surface area contributed by atoms with Gasteiger partial charge in [-0.3, -0.25) is 4.79 Å². The number of hydrogen-bond donors (Lipinski definition) is 0. The van der Waals surface area contributed by atoms with Gasteiger partial charge in [0.15, 0.2) is 6.29 Å². The summed E-state index contributed by atoms with van der Waals surface area (Å²) in [6.45, 7) is 0.654. The Kier molecular flexibility index (Phi) is 2.87. The van der Waals surface area contributed by atoms with Crippen LogP contribution in [-0.4, -0.2) is 20.4 Å². The van der Waals surface area contributed by atoms with Crippen molar-refractivity contribution in [1.82, 2.24) is 14.1 Å². The van der Waals surface area contributed by atoms with E-state index < -0.39 is 0 Å². The predicted molar refractivity (Wildman–Crippen MR) is 74.6 cm³/mol. The van der Waals surface area contributed by atoms with Crippen molar-refractivity contribution in [1.29, 1.82) is 0 Å². The molecule has 3 aromatic rings. The van der Waals surface area contributed by atoms with Crippen molar-refractivity contribution in [2.75, 3.05) is 0 Å². The van der Waals surface area contributed by atoms with Crippen LogP contribution in [0.2, 0.25) is 5.02 Å². The van der Waals surface area contributed by atoms with Crippen molar-refractivity contribution < 1.29 is 4.79 Å². The number of carbonyl (C=O) groups is 1. The second-order valence-electron chi connectivity index (χ2n) is 4.49. The van der Waals surface area contributed by atoms with Crippen molar-refractivity contribution in [3.63, 3.8) is 0 Å². The molecule has 2 heterocycles. The van der Waals surface area contributed by atoms with Crippen molar-refractivity contribution in [3.05, 3.63) is 53.2 Å². The van der Waals surface area contributed by atoms with Gasteiger partial charge in [-0.15, -0.1) is 0 Å². The maximum absolute atomic E-state index is 11.1. The van der Waals surface area contributed by atoms with E-state index in [9.17, 15) is 4.79 Å². The third-order valence-electron chi connectivity index (χ3n) is 3.25. The van der Waals surface area contributed by atoms with E-state index in [-0.39, 0.29) is 0 Å². The Morgan fingerprint density at radius 2 is 2.26 bits per heavy atom. The molecule has 0 amide bonds. The summed E-state index contributed by atoms with van der Waals surface area (Å²) in [4.78, 5) is 15.2. The van der Waals surface area contributed by atoms with Crippen LogP contribution in [0.3, 0.4) is 0 Å². The fraction of sp³-hybridized carbons (Fsp3) is 0.143. The van der Waals surface area contributed by atoms with E-state index >= 15 is 0 Å². The fourth-order valence-corrected chi connectivity index (χ4v) is 2.40. The monoisotopic (exact) mass is 273 g/mol. The highest BCUT2D eigenvalue weighted by atomic mass is 35.5. The Morgan fingerprint density at radius 1 is 1.42 bits per heavy atom. The van der Waals surface area contributed by atoms with Crippen LogP contribution < -0.4 is 0 Å². The molecule has 19 heavy (non-hydrogen) atoms. The van der Waals surface area contributed by atoms with Gasteiger partial charge in [0, 0.05) is 35.4 Å². The molecule has 0 saturated carbocycles. The molecule has 0 fully saturated rings. The number of imidazole rings is 1. The van der Waals surface area contributed by atoms with Gasteiger partial charge in [0.05, 0.1) is 24.1 Å². The highest BCUT2D eigenvalue weighted by Gasteiger charge is 2.10. The van der Waals surface area contributed by atoms with E-state index in [1.54, 1.807) is 12.4 Å². The first-order chi connectivity index (χ1) is 9.19. The third-order valence-corrected chi connectivity index (χ3v) is 3.49. The highest BCUT2D eigenvalue weighted by molar-refractivity contribution is 6.31. The van der Waals surface area contributed by atoms with Gasteiger partial charge in [-0.1, -0.05) is 17.7 Å². The number of nitrogens with zero attached hydrogens (tertiary/aromatic N) is 3. The molecule has 0 aliphatic rings. The minimum Gasteiger partial charge on any atom is -0.341 e. The van der Waals surface area contributed by atoms with Gasteiger partial charge < -0.3 is 9.13 Å². The quantitative estimate of drug-likeness (QED) is 0.689. The zero-order valence-corrected chi connectivity index (χ0v) is 11.1. The summed E-state index contributed by atoms with van der Waals surface area (Å²) >= 11 is 6.04. The van der Waals surface area contributed by atoms with Crippen LogP contribution in [0.15, 0.2) is 36.9 Å². The average Bonchev–Trinajstić information content (AvgIpc) is 2.95. The van der Waals surface area contributed by atoms with Gasteiger partial charge in [0.2, 0.25) is 0 Å². The van der Waals surface area contributed by atoms with Gasteiger partial charge in [-0.25, -0.2) is 4.98 Å². The number of benzene rings is 1. The first-order valence-electron chi connectivity index (χ1n) is 5.88. The number of carbonyl (C=O) groups excluding carboxylic acids is 1. The summed E-state index contributed by atoms with van der Waals surface area (Å²) in [5, 5.41) is 1.58. The number of rotatable bonds is 3. The number of halogens is 1. The lowest BCUT2D eigenvalue weighted by molar-refractivity contribution is 0.112. The Morgan fingerprint density at radius 3 is 2.95 bits per heavy atom. The lowest BCUT2D eigenvalue weighted by Crippen LogP contribution is -2.02. The molecule has 0 spiro atoms. The van der Waals surface area contributed by atoms with Crippen molar-refractivity contribution in [2.45, 2.75) is 6.54 Å². The van der Waals surface area contributed by atoms with E-state index in [1.807, 2.05) is 40.7 Å². The SMILES string of the molecule is Cn1cncc1Cn1cc(C=O)c2ccc(Cl)cc21. The number of aromatic nitrogens is 3. The van der Waals surface area contributed by atoms with E-state index in [0.717, 1.165) is 22.9 Å². The minimum atomic E-state index is 0.654. The highest BCUT2D eigenvalue weighted by Crippen LogP contribution is 2.24. The Bertz CT molecular complexity index is 757. The Labute approximate surface area is 115 Å². The lowest BCUT2D eigenvalue weighted by atomic mass is 10.2. The second kappa shape index (κ2) is 4.55. The van der Waals surface area contributed by atoms with Crippen molar-refractivity contribution in [2.24, 2.45) is 7.05 Å². The number of hydrogen-bond acceptors (Lipinski definition) is 2. The fourth-order valence-electron chi connectivity index (χ4n) is 2.23. The van der Waals surface area contributed by atoms with Crippen LogP contribution in [0.5, 0.6) is 0 Å². The van der Waals surface area contributed by atoms with Crippen LogP contribution in [0.4, 0.5) is 0 Å². The standard InChI is InChI=1S/C14H12ClN3O/c1-17-9-16-5-12(17)7-18-6-10(8-19)13-3-2-11(15)4-14(13)18/h2-6,8-9H,7H2,1H3. The normalized spacial score (nSPS) is 11.1.